The maximum atomic E-state index is 12.1. The van der Waals surface area contributed by atoms with Crippen molar-refractivity contribution in [2.75, 3.05) is 13.1 Å². The third-order valence-electron chi connectivity index (χ3n) is 3.28. The minimum Gasteiger partial charge on any atom is -0.339 e. The zero-order valence-electron chi connectivity index (χ0n) is 9.84. The maximum Gasteiger partial charge on any atom is 0.256 e. The van der Waals surface area contributed by atoms with Crippen LogP contribution in [-0.4, -0.2) is 39.2 Å². The third kappa shape index (κ3) is 2.94. The van der Waals surface area contributed by atoms with Gasteiger partial charge in [-0.3, -0.25) is 4.79 Å². The summed E-state index contributed by atoms with van der Waals surface area (Å²) in [5, 5.41) is 0.187. The molecule has 1 unspecified atom stereocenters. The van der Waals surface area contributed by atoms with Crippen molar-refractivity contribution in [2.24, 2.45) is 5.92 Å². The van der Waals surface area contributed by atoms with Gasteiger partial charge in [-0.15, -0.1) is 11.6 Å². The van der Waals surface area contributed by atoms with Crippen LogP contribution in [0.4, 0.5) is 0 Å². The van der Waals surface area contributed by atoms with Gasteiger partial charge in [0.1, 0.15) is 6.33 Å². The summed E-state index contributed by atoms with van der Waals surface area (Å²) >= 11 is 6.08. The first-order valence-corrected chi connectivity index (χ1v) is 6.30. The number of hydrogen-bond donors (Lipinski definition) is 0. The molecule has 0 bridgehead atoms. The van der Waals surface area contributed by atoms with Gasteiger partial charge in [-0.25, -0.2) is 9.97 Å². The van der Waals surface area contributed by atoms with Gasteiger partial charge < -0.3 is 4.90 Å². The number of hydrogen-bond acceptors (Lipinski definition) is 3. The second-order valence-electron chi connectivity index (χ2n) is 4.43. The second-order valence-corrected chi connectivity index (χ2v) is 5.12. The van der Waals surface area contributed by atoms with E-state index in [4.69, 9.17) is 11.6 Å². The van der Waals surface area contributed by atoms with Gasteiger partial charge in [-0.2, -0.15) is 0 Å². The molecule has 92 valence electrons. The molecule has 1 aliphatic rings. The largest absolute Gasteiger partial charge is 0.339 e. The highest BCUT2D eigenvalue weighted by molar-refractivity contribution is 6.20. The standard InChI is InChI=1S/C12H16ClN3O/c1-9(13)10-2-4-16(5-3-10)12(17)11-6-14-8-15-7-11/h6-10H,2-5H2,1H3. The smallest absolute Gasteiger partial charge is 0.256 e. The molecule has 0 radical (unpaired) electrons. The first-order chi connectivity index (χ1) is 8.18. The maximum absolute atomic E-state index is 12.1. The van der Waals surface area contributed by atoms with Crippen LogP contribution in [0.1, 0.15) is 30.1 Å². The first-order valence-electron chi connectivity index (χ1n) is 5.87. The van der Waals surface area contributed by atoms with Crippen LogP contribution in [0.2, 0.25) is 0 Å². The number of carbonyl (C=O) groups is 1. The van der Waals surface area contributed by atoms with Crippen LogP contribution in [0.25, 0.3) is 0 Å². The lowest BCUT2D eigenvalue weighted by Gasteiger charge is -2.33. The van der Waals surface area contributed by atoms with Gasteiger partial charge in [0.05, 0.1) is 5.56 Å². The Balaban J connectivity index is 1.95. The molecule has 0 spiro atoms. The molecule has 0 aliphatic carbocycles. The Morgan fingerprint density at radius 2 is 2.00 bits per heavy atom. The Labute approximate surface area is 106 Å². The zero-order valence-corrected chi connectivity index (χ0v) is 10.6. The number of amides is 1. The fourth-order valence-electron chi connectivity index (χ4n) is 2.15. The Hall–Kier alpha value is -1.16. The lowest BCUT2D eigenvalue weighted by atomic mass is 9.94. The van der Waals surface area contributed by atoms with Crippen molar-refractivity contribution < 1.29 is 4.79 Å². The van der Waals surface area contributed by atoms with Gasteiger partial charge in [-0.05, 0) is 25.7 Å². The van der Waals surface area contributed by atoms with E-state index < -0.39 is 0 Å². The highest BCUT2D eigenvalue weighted by Gasteiger charge is 2.26. The van der Waals surface area contributed by atoms with Crippen molar-refractivity contribution in [3.05, 3.63) is 24.3 Å². The molecule has 0 aromatic carbocycles. The SMILES string of the molecule is CC(Cl)C1CCN(C(=O)c2cncnc2)CC1. The molecule has 0 N–H and O–H groups in total. The number of carbonyl (C=O) groups excluding carboxylic acids is 1. The van der Waals surface area contributed by atoms with E-state index >= 15 is 0 Å². The molecule has 5 heteroatoms. The molecule has 4 nitrogen and oxygen atoms in total. The van der Waals surface area contributed by atoms with Crippen LogP contribution in [0.3, 0.4) is 0 Å². The summed E-state index contributed by atoms with van der Waals surface area (Å²) in [7, 11) is 0. The topological polar surface area (TPSA) is 46.1 Å². The van der Waals surface area contributed by atoms with Gasteiger partial charge in [0.2, 0.25) is 0 Å². The monoisotopic (exact) mass is 253 g/mol. The molecular weight excluding hydrogens is 238 g/mol. The fraction of sp³-hybridized carbons (Fsp3) is 0.583. The van der Waals surface area contributed by atoms with Gasteiger partial charge in [0.15, 0.2) is 0 Å². The van der Waals surface area contributed by atoms with Gasteiger partial charge in [-0.1, -0.05) is 0 Å². The van der Waals surface area contributed by atoms with Crippen molar-refractivity contribution in [2.45, 2.75) is 25.1 Å². The fourth-order valence-corrected chi connectivity index (χ4v) is 2.41. The van der Waals surface area contributed by atoms with E-state index in [9.17, 15) is 4.79 Å². The number of rotatable bonds is 2. The molecule has 1 fully saturated rings. The molecule has 2 rings (SSSR count). The van der Waals surface area contributed by atoms with Gasteiger partial charge in [0, 0.05) is 30.9 Å². The number of likely N-dealkylation sites (tertiary alicyclic amines) is 1. The summed E-state index contributed by atoms with van der Waals surface area (Å²) < 4.78 is 0. The molecular formula is C12H16ClN3O. The van der Waals surface area contributed by atoms with Crippen molar-refractivity contribution in [3.8, 4) is 0 Å². The predicted octanol–water partition coefficient (Wildman–Crippen LogP) is 1.96. The van der Waals surface area contributed by atoms with E-state index in [1.807, 2.05) is 11.8 Å². The van der Waals surface area contributed by atoms with E-state index in [1.165, 1.54) is 6.33 Å². The van der Waals surface area contributed by atoms with E-state index in [0.717, 1.165) is 25.9 Å². The molecule has 1 aromatic heterocycles. The van der Waals surface area contributed by atoms with Crippen LogP contribution >= 0.6 is 11.6 Å². The number of aromatic nitrogens is 2. The Morgan fingerprint density at radius 3 is 2.53 bits per heavy atom. The number of piperidine rings is 1. The summed E-state index contributed by atoms with van der Waals surface area (Å²) in [5.74, 6) is 0.541. The minimum atomic E-state index is 0.0197. The van der Waals surface area contributed by atoms with Crippen molar-refractivity contribution in [1.29, 1.82) is 0 Å². The number of halogens is 1. The molecule has 2 heterocycles. The normalized spacial score (nSPS) is 19.1. The molecule has 0 saturated carbocycles. The van der Waals surface area contributed by atoms with Crippen molar-refractivity contribution in [1.82, 2.24) is 14.9 Å². The van der Waals surface area contributed by atoms with Crippen LogP contribution < -0.4 is 0 Å². The van der Waals surface area contributed by atoms with Crippen molar-refractivity contribution >= 4 is 17.5 Å². The average Bonchev–Trinajstić information content (AvgIpc) is 2.39. The highest BCUT2D eigenvalue weighted by Crippen LogP contribution is 2.24. The van der Waals surface area contributed by atoms with Gasteiger partial charge in [0.25, 0.3) is 5.91 Å². The van der Waals surface area contributed by atoms with Crippen LogP contribution in [0.15, 0.2) is 18.7 Å². The van der Waals surface area contributed by atoms with Crippen LogP contribution in [0.5, 0.6) is 0 Å². The second kappa shape index (κ2) is 5.45. The summed E-state index contributed by atoms with van der Waals surface area (Å²) in [5.41, 5.74) is 0.560. The molecule has 1 saturated heterocycles. The van der Waals surface area contributed by atoms with E-state index in [-0.39, 0.29) is 11.3 Å². The van der Waals surface area contributed by atoms with Crippen LogP contribution in [-0.2, 0) is 0 Å². The third-order valence-corrected chi connectivity index (χ3v) is 3.64. The lowest BCUT2D eigenvalue weighted by Crippen LogP contribution is -2.40. The summed E-state index contributed by atoms with van der Waals surface area (Å²) in [4.78, 5) is 21.7. The number of nitrogens with zero attached hydrogens (tertiary/aromatic N) is 3. The Bertz CT molecular complexity index is 375. The van der Waals surface area contributed by atoms with Crippen molar-refractivity contribution in [3.63, 3.8) is 0 Å². The van der Waals surface area contributed by atoms with E-state index in [1.54, 1.807) is 12.4 Å². The van der Waals surface area contributed by atoms with Gasteiger partial charge >= 0.3 is 0 Å². The quantitative estimate of drug-likeness (QED) is 0.757. The summed E-state index contributed by atoms with van der Waals surface area (Å²) in [6, 6.07) is 0. The summed E-state index contributed by atoms with van der Waals surface area (Å²) in [6.45, 7) is 3.57. The van der Waals surface area contributed by atoms with E-state index in [0.29, 0.717) is 11.5 Å². The average molecular weight is 254 g/mol. The predicted molar refractivity (Wildman–Crippen MR) is 66.0 cm³/mol. The molecule has 17 heavy (non-hydrogen) atoms. The number of alkyl halides is 1. The molecule has 1 amide bonds. The summed E-state index contributed by atoms with van der Waals surface area (Å²) in [6.07, 6.45) is 6.50. The Morgan fingerprint density at radius 1 is 1.41 bits per heavy atom. The first kappa shape index (κ1) is 12.3. The highest BCUT2D eigenvalue weighted by atomic mass is 35.5. The zero-order chi connectivity index (χ0) is 12.3. The molecule has 1 aromatic rings. The molecule has 1 aliphatic heterocycles. The Kier molecular flexibility index (Phi) is 3.94. The molecule has 1 atom stereocenters. The lowest BCUT2D eigenvalue weighted by molar-refractivity contribution is 0.0689. The van der Waals surface area contributed by atoms with E-state index in [2.05, 4.69) is 9.97 Å². The minimum absolute atomic E-state index is 0.0197. The van der Waals surface area contributed by atoms with Crippen LogP contribution in [0, 0.1) is 5.92 Å².